The number of aryl methyl sites for hydroxylation is 1. The van der Waals surface area contributed by atoms with Gasteiger partial charge in [-0.1, -0.05) is 13.3 Å². The van der Waals surface area contributed by atoms with E-state index in [0.717, 1.165) is 69.5 Å². The average molecular weight is 349 g/mol. The standard InChI is InChI=1S/C19H28N2O2S/c1-2-3-9-20-18(22)14-7-8-16-15(12-14)13-17(24-16)19(23)21-10-5-4-6-11-21/h13-14H,2-12H2,1H3,(H,20,22). The number of nitrogens with one attached hydrogen (secondary N) is 1. The number of carbonyl (C=O) groups is 2. The minimum absolute atomic E-state index is 0.0712. The molecule has 1 fully saturated rings. The van der Waals surface area contributed by atoms with Crippen LogP contribution in [0, 0.1) is 5.92 Å². The van der Waals surface area contributed by atoms with E-state index >= 15 is 0 Å². The van der Waals surface area contributed by atoms with Crippen LogP contribution >= 0.6 is 11.3 Å². The number of hydrogen-bond donors (Lipinski definition) is 1. The molecule has 132 valence electrons. The Kier molecular flexibility index (Phi) is 5.93. The van der Waals surface area contributed by atoms with Crippen LogP contribution in [0.25, 0.3) is 0 Å². The highest BCUT2D eigenvalue weighted by Gasteiger charge is 2.28. The minimum Gasteiger partial charge on any atom is -0.356 e. The molecule has 1 atom stereocenters. The summed E-state index contributed by atoms with van der Waals surface area (Å²) in [5, 5.41) is 3.05. The zero-order valence-electron chi connectivity index (χ0n) is 14.6. The molecule has 2 aliphatic rings. The minimum atomic E-state index is 0.0712. The Balaban J connectivity index is 1.62. The van der Waals surface area contributed by atoms with Gasteiger partial charge in [0.15, 0.2) is 0 Å². The molecule has 1 saturated heterocycles. The van der Waals surface area contributed by atoms with Gasteiger partial charge in [-0.05, 0) is 56.6 Å². The number of rotatable bonds is 5. The van der Waals surface area contributed by atoms with Crippen molar-refractivity contribution in [2.75, 3.05) is 19.6 Å². The number of fused-ring (bicyclic) bond motifs is 1. The van der Waals surface area contributed by atoms with Crippen molar-refractivity contribution in [2.45, 2.75) is 58.3 Å². The van der Waals surface area contributed by atoms with Crippen LogP contribution in [0.3, 0.4) is 0 Å². The van der Waals surface area contributed by atoms with Crippen LogP contribution in [-0.4, -0.2) is 36.3 Å². The van der Waals surface area contributed by atoms with E-state index in [-0.39, 0.29) is 17.7 Å². The lowest BCUT2D eigenvalue weighted by Gasteiger charge is -2.26. The normalized spacial score (nSPS) is 20.5. The second kappa shape index (κ2) is 8.15. The molecule has 4 nitrogen and oxygen atoms in total. The van der Waals surface area contributed by atoms with Crippen LogP contribution < -0.4 is 5.32 Å². The zero-order chi connectivity index (χ0) is 16.9. The molecule has 5 heteroatoms. The van der Waals surface area contributed by atoms with Gasteiger partial charge >= 0.3 is 0 Å². The molecule has 2 amide bonds. The highest BCUT2D eigenvalue weighted by Crippen LogP contribution is 2.33. The largest absolute Gasteiger partial charge is 0.356 e. The van der Waals surface area contributed by atoms with Gasteiger partial charge in [0.25, 0.3) is 5.91 Å². The van der Waals surface area contributed by atoms with E-state index in [4.69, 9.17) is 0 Å². The summed E-state index contributed by atoms with van der Waals surface area (Å²) < 4.78 is 0. The van der Waals surface area contributed by atoms with E-state index < -0.39 is 0 Å². The number of piperidine rings is 1. The quantitative estimate of drug-likeness (QED) is 0.829. The molecule has 1 aliphatic heterocycles. The van der Waals surface area contributed by atoms with E-state index in [1.54, 1.807) is 11.3 Å². The first kappa shape index (κ1) is 17.5. The molecule has 1 aromatic rings. The predicted molar refractivity (Wildman–Crippen MR) is 97.5 cm³/mol. The number of amides is 2. The molecule has 1 aliphatic carbocycles. The molecule has 1 aromatic heterocycles. The lowest BCUT2D eigenvalue weighted by atomic mass is 9.87. The Morgan fingerprint density at radius 1 is 1.29 bits per heavy atom. The molecule has 0 spiro atoms. The molecule has 24 heavy (non-hydrogen) atoms. The van der Waals surface area contributed by atoms with Crippen molar-refractivity contribution < 1.29 is 9.59 Å². The van der Waals surface area contributed by atoms with E-state index in [1.807, 2.05) is 4.90 Å². The monoisotopic (exact) mass is 348 g/mol. The second-order valence-corrected chi connectivity index (χ2v) is 8.13. The van der Waals surface area contributed by atoms with Crippen molar-refractivity contribution >= 4 is 23.2 Å². The fourth-order valence-electron chi connectivity index (χ4n) is 3.64. The topological polar surface area (TPSA) is 49.4 Å². The molecule has 0 bridgehead atoms. The molecule has 2 heterocycles. The number of thiophene rings is 1. The van der Waals surface area contributed by atoms with Crippen LogP contribution in [0.15, 0.2) is 6.07 Å². The molecule has 1 unspecified atom stereocenters. The van der Waals surface area contributed by atoms with Gasteiger partial charge in [0.2, 0.25) is 5.91 Å². The third-order valence-electron chi connectivity index (χ3n) is 5.14. The molecule has 3 rings (SSSR count). The Labute approximate surface area is 148 Å². The van der Waals surface area contributed by atoms with Crippen LogP contribution in [0.5, 0.6) is 0 Å². The summed E-state index contributed by atoms with van der Waals surface area (Å²) in [6, 6.07) is 2.06. The van der Waals surface area contributed by atoms with Gasteiger partial charge in [-0.2, -0.15) is 0 Å². The number of hydrogen-bond acceptors (Lipinski definition) is 3. The maximum Gasteiger partial charge on any atom is 0.263 e. The molecule has 0 aromatic carbocycles. The van der Waals surface area contributed by atoms with Crippen LogP contribution in [0.2, 0.25) is 0 Å². The van der Waals surface area contributed by atoms with Gasteiger partial charge in [0, 0.05) is 30.4 Å². The summed E-state index contributed by atoms with van der Waals surface area (Å²) in [6.45, 7) is 4.69. The summed E-state index contributed by atoms with van der Waals surface area (Å²) in [5.41, 5.74) is 1.22. The SMILES string of the molecule is CCCCNC(=O)C1CCc2sc(C(=O)N3CCCCC3)cc2C1. The van der Waals surface area contributed by atoms with Crippen molar-refractivity contribution in [3.8, 4) is 0 Å². The van der Waals surface area contributed by atoms with Crippen molar-refractivity contribution in [2.24, 2.45) is 5.92 Å². The molecular weight excluding hydrogens is 320 g/mol. The lowest BCUT2D eigenvalue weighted by molar-refractivity contribution is -0.125. The summed E-state index contributed by atoms with van der Waals surface area (Å²) in [6.07, 6.45) is 8.24. The predicted octanol–water partition coefficient (Wildman–Crippen LogP) is 3.40. The van der Waals surface area contributed by atoms with Crippen molar-refractivity contribution in [3.63, 3.8) is 0 Å². The first-order chi connectivity index (χ1) is 11.7. The fraction of sp³-hybridized carbons (Fsp3) is 0.684. The van der Waals surface area contributed by atoms with E-state index in [9.17, 15) is 9.59 Å². The molecule has 0 saturated carbocycles. The smallest absolute Gasteiger partial charge is 0.263 e. The summed E-state index contributed by atoms with van der Waals surface area (Å²) in [5.74, 6) is 0.448. The Hall–Kier alpha value is -1.36. The van der Waals surface area contributed by atoms with Crippen molar-refractivity contribution in [3.05, 3.63) is 21.4 Å². The van der Waals surface area contributed by atoms with Gasteiger partial charge in [-0.25, -0.2) is 0 Å². The summed E-state index contributed by atoms with van der Waals surface area (Å²) >= 11 is 1.65. The number of likely N-dealkylation sites (tertiary alicyclic amines) is 1. The van der Waals surface area contributed by atoms with E-state index in [0.29, 0.717) is 0 Å². The van der Waals surface area contributed by atoms with E-state index in [2.05, 4.69) is 18.3 Å². The fourth-order valence-corrected chi connectivity index (χ4v) is 4.81. The van der Waals surface area contributed by atoms with Gasteiger partial charge in [-0.3, -0.25) is 9.59 Å². The molecular formula is C19H28N2O2S. The van der Waals surface area contributed by atoms with Gasteiger partial charge in [0.05, 0.1) is 4.88 Å². The highest BCUT2D eigenvalue weighted by molar-refractivity contribution is 7.14. The maximum absolute atomic E-state index is 12.7. The van der Waals surface area contributed by atoms with Crippen molar-refractivity contribution in [1.82, 2.24) is 10.2 Å². The Bertz CT molecular complexity index is 590. The number of nitrogens with zero attached hydrogens (tertiary/aromatic N) is 1. The van der Waals surface area contributed by atoms with Gasteiger partial charge in [-0.15, -0.1) is 11.3 Å². The van der Waals surface area contributed by atoms with Gasteiger partial charge < -0.3 is 10.2 Å². The van der Waals surface area contributed by atoms with Crippen LogP contribution in [0.4, 0.5) is 0 Å². The summed E-state index contributed by atoms with van der Waals surface area (Å²) in [4.78, 5) is 29.1. The van der Waals surface area contributed by atoms with Crippen LogP contribution in [-0.2, 0) is 17.6 Å². The molecule has 1 N–H and O–H groups in total. The van der Waals surface area contributed by atoms with Crippen molar-refractivity contribution in [1.29, 1.82) is 0 Å². The first-order valence-electron chi connectivity index (χ1n) is 9.37. The third kappa shape index (κ3) is 4.00. The lowest BCUT2D eigenvalue weighted by Crippen LogP contribution is -2.35. The Morgan fingerprint density at radius 3 is 2.83 bits per heavy atom. The third-order valence-corrected chi connectivity index (χ3v) is 6.36. The number of unbranched alkanes of at least 4 members (excludes halogenated alkanes) is 1. The summed E-state index contributed by atoms with van der Waals surface area (Å²) in [7, 11) is 0. The Morgan fingerprint density at radius 2 is 2.08 bits per heavy atom. The second-order valence-electron chi connectivity index (χ2n) is 7.00. The number of carbonyl (C=O) groups excluding carboxylic acids is 2. The van der Waals surface area contributed by atoms with E-state index in [1.165, 1.54) is 16.9 Å². The highest BCUT2D eigenvalue weighted by atomic mass is 32.1. The van der Waals surface area contributed by atoms with Gasteiger partial charge in [0.1, 0.15) is 0 Å². The average Bonchev–Trinajstić information content (AvgIpc) is 3.05. The first-order valence-corrected chi connectivity index (χ1v) is 10.2. The zero-order valence-corrected chi connectivity index (χ0v) is 15.4. The molecule has 0 radical (unpaired) electrons. The van der Waals surface area contributed by atoms with Crippen LogP contribution in [0.1, 0.15) is 65.6 Å². The maximum atomic E-state index is 12.7.